The molecule has 8 nitrogen and oxygen atoms in total. The van der Waals surface area contributed by atoms with Gasteiger partial charge in [0.15, 0.2) is 0 Å². The number of methoxy groups -OCH3 is 1. The minimum absolute atomic E-state index is 0.0198. The van der Waals surface area contributed by atoms with Crippen LogP contribution in [-0.2, 0) is 10.4 Å². The van der Waals surface area contributed by atoms with Gasteiger partial charge >= 0.3 is 5.97 Å². The molecule has 0 radical (unpaired) electrons. The SMILES string of the molecule is COc1ccnc(Nc2cc(C)cc(-c3cnc(C(C)(O)C4CCC(C(=O)O)C(C)C4)s3)c2)n1. The van der Waals surface area contributed by atoms with Crippen molar-refractivity contribution >= 4 is 28.9 Å². The molecule has 0 spiro atoms. The number of aryl methyl sites for hydroxylation is 1. The average Bonchev–Trinajstić information content (AvgIpc) is 3.30. The molecule has 1 fully saturated rings. The molecule has 1 aliphatic carbocycles. The summed E-state index contributed by atoms with van der Waals surface area (Å²) in [5.74, 6) is -0.180. The zero-order valence-electron chi connectivity index (χ0n) is 19.8. The van der Waals surface area contributed by atoms with E-state index in [1.54, 1.807) is 32.5 Å². The number of benzene rings is 1. The molecule has 1 saturated carbocycles. The quantitative estimate of drug-likeness (QED) is 0.430. The Morgan fingerprint density at radius 2 is 2.06 bits per heavy atom. The van der Waals surface area contributed by atoms with E-state index in [-0.39, 0.29) is 17.8 Å². The third kappa shape index (κ3) is 5.05. The van der Waals surface area contributed by atoms with Crippen LogP contribution < -0.4 is 10.1 Å². The van der Waals surface area contributed by atoms with Crippen molar-refractivity contribution in [2.45, 2.75) is 45.6 Å². The number of nitrogens with zero attached hydrogens (tertiary/aromatic N) is 3. The molecule has 3 aromatic rings. The maximum atomic E-state index is 11.5. The Hall–Kier alpha value is -3.04. The minimum atomic E-state index is -1.11. The van der Waals surface area contributed by atoms with Crippen molar-refractivity contribution in [1.29, 1.82) is 0 Å². The zero-order valence-corrected chi connectivity index (χ0v) is 20.6. The maximum absolute atomic E-state index is 11.5. The summed E-state index contributed by atoms with van der Waals surface area (Å²) < 4.78 is 5.17. The minimum Gasteiger partial charge on any atom is -0.481 e. The van der Waals surface area contributed by atoms with E-state index in [2.05, 4.69) is 26.3 Å². The number of anilines is 2. The van der Waals surface area contributed by atoms with Crippen LogP contribution in [0.2, 0.25) is 0 Å². The highest BCUT2D eigenvalue weighted by atomic mass is 32.1. The van der Waals surface area contributed by atoms with Crippen molar-refractivity contribution in [3.8, 4) is 16.3 Å². The fourth-order valence-electron chi connectivity index (χ4n) is 4.73. The summed E-state index contributed by atoms with van der Waals surface area (Å²) in [6, 6.07) is 7.77. The maximum Gasteiger partial charge on any atom is 0.306 e. The number of aromatic nitrogens is 3. The van der Waals surface area contributed by atoms with Crippen LogP contribution in [0.4, 0.5) is 11.6 Å². The number of aliphatic hydroxyl groups is 1. The highest BCUT2D eigenvalue weighted by Crippen LogP contribution is 2.45. The molecule has 1 aromatic carbocycles. The first-order chi connectivity index (χ1) is 16.2. The highest BCUT2D eigenvalue weighted by Gasteiger charge is 2.42. The molecule has 0 saturated heterocycles. The van der Waals surface area contributed by atoms with E-state index >= 15 is 0 Å². The molecule has 3 N–H and O–H groups in total. The van der Waals surface area contributed by atoms with Gasteiger partial charge in [0.05, 0.1) is 17.9 Å². The van der Waals surface area contributed by atoms with Gasteiger partial charge in [0, 0.05) is 24.1 Å². The van der Waals surface area contributed by atoms with Gasteiger partial charge in [-0.2, -0.15) is 4.98 Å². The number of carboxylic acids is 1. The van der Waals surface area contributed by atoms with Crippen molar-refractivity contribution < 1.29 is 19.7 Å². The summed E-state index contributed by atoms with van der Waals surface area (Å²) in [7, 11) is 1.56. The predicted molar refractivity (Wildman–Crippen MR) is 131 cm³/mol. The molecule has 1 aliphatic rings. The van der Waals surface area contributed by atoms with Gasteiger partial charge < -0.3 is 20.3 Å². The van der Waals surface area contributed by atoms with Gasteiger partial charge in [0.2, 0.25) is 11.8 Å². The van der Waals surface area contributed by atoms with E-state index in [0.717, 1.165) is 21.7 Å². The Labute approximate surface area is 203 Å². The third-order valence-corrected chi connectivity index (χ3v) is 7.95. The van der Waals surface area contributed by atoms with Gasteiger partial charge in [-0.3, -0.25) is 4.79 Å². The van der Waals surface area contributed by atoms with E-state index < -0.39 is 11.6 Å². The Kier molecular flexibility index (Phi) is 6.86. The van der Waals surface area contributed by atoms with Gasteiger partial charge in [-0.15, -0.1) is 11.3 Å². The molecule has 180 valence electrons. The number of hydrogen-bond acceptors (Lipinski definition) is 8. The monoisotopic (exact) mass is 482 g/mol. The van der Waals surface area contributed by atoms with Crippen LogP contribution in [0.25, 0.3) is 10.4 Å². The molecule has 0 amide bonds. The molecule has 4 unspecified atom stereocenters. The van der Waals surface area contributed by atoms with Crippen molar-refractivity contribution in [2.75, 3.05) is 12.4 Å². The molecule has 9 heteroatoms. The van der Waals surface area contributed by atoms with Gasteiger partial charge in [0.1, 0.15) is 10.6 Å². The summed E-state index contributed by atoms with van der Waals surface area (Å²) in [5, 5.41) is 24.7. The highest BCUT2D eigenvalue weighted by molar-refractivity contribution is 7.15. The van der Waals surface area contributed by atoms with E-state index in [9.17, 15) is 15.0 Å². The molecular weight excluding hydrogens is 452 g/mol. The Bertz CT molecular complexity index is 1180. The first-order valence-corrected chi connectivity index (χ1v) is 12.2. The molecule has 0 bridgehead atoms. The number of ether oxygens (including phenoxy) is 1. The van der Waals surface area contributed by atoms with Crippen LogP contribution in [0.1, 0.15) is 43.7 Å². The van der Waals surface area contributed by atoms with Gasteiger partial charge in [-0.25, -0.2) is 9.97 Å². The largest absolute Gasteiger partial charge is 0.481 e. The van der Waals surface area contributed by atoms with Gasteiger partial charge in [-0.05, 0) is 68.2 Å². The van der Waals surface area contributed by atoms with Crippen molar-refractivity contribution in [1.82, 2.24) is 15.0 Å². The van der Waals surface area contributed by atoms with Crippen LogP contribution in [-0.4, -0.2) is 38.2 Å². The van der Waals surface area contributed by atoms with Crippen LogP contribution in [0.3, 0.4) is 0 Å². The fourth-order valence-corrected chi connectivity index (χ4v) is 5.76. The Morgan fingerprint density at radius 1 is 1.26 bits per heavy atom. The lowest BCUT2D eigenvalue weighted by molar-refractivity contribution is -0.146. The summed E-state index contributed by atoms with van der Waals surface area (Å²) >= 11 is 1.47. The second-order valence-corrected chi connectivity index (χ2v) is 10.3. The summed E-state index contributed by atoms with van der Waals surface area (Å²) in [4.78, 5) is 25.5. The zero-order chi connectivity index (χ0) is 24.5. The number of aliphatic carboxylic acids is 1. The first kappa shape index (κ1) is 24.1. The number of nitrogens with one attached hydrogen (secondary N) is 1. The van der Waals surface area contributed by atoms with Crippen molar-refractivity contribution in [3.63, 3.8) is 0 Å². The summed E-state index contributed by atoms with van der Waals surface area (Å²) in [6.45, 7) is 5.78. The van der Waals surface area contributed by atoms with E-state index in [1.165, 1.54) is 11.3 Å². The molecule has 0 aliphatic heterocycles. The smallest absolute Gasteiger partial charge is 0.306 e. The molecule has 2 aromatic heterocycles. The second-order valence-electron chi connectivity index (χ2n) is 9.24. The van der Waals surface area contributed by atoms with Crippen LogP contribution >= 0.6 is 11.3 Å². The molecular formula is C25H30N4O4S. The number of rotatable bonds is 7. The normalized spacial score (nSPS) is 22.1. The van der Waals surface area contributed by atoms with Gasteiger partial charge in [0.25, 0.3) is 0 Å². The number of hydrogen-bond donors (Lipinski definition) is 3. The summed E-state index contributed by atoms with van der Waals surface area (Å²) in [5.41, 5.74) is 1.77. The lowest BCUT2D eigenvalue weighted by Crippen LogP contribution is -2.39. The molecule has 4 rings (SSSR count). The Balaban J connectivity index is 1.55. The number of carbonyl (C=O) groups is 1. The standard InChI is InChI=1S/C25H30N4O4S/c1-14-9-16(12-18(10-14)28-24-26-8-7-21(29-24)33-4)20-13-27-23(34-20)25(3,32)17-5-6-19(22(30)31)15(2)11-17/h7-10,12-13,15,17,19,32H,5-6,11H2,1-4H3,(H,30,31)(H,26,28,29). The number of thiazole rings is 1. The van der Waals surface area contributed by atoms with Gasteiger partial charge in [-0.1, -0.05) is 13.0 Å². The molecule has 4 atom stereocenters. The molecule has 2 heterocycles. The van der Waals surface area contributed by atoms with E-state index in [0.29, 0.717) is 36.1 Å². The van der Waals surface area contributed by atoms with Crippen LogP contribution in [0.15, 0.2) is 36.7 Å². The topological polar surface area (TPSA) is 117 Å². The lowest BCUT2D eigenvalue weighted by atomic mass is 9.69. The predicted octanol–water partition coefficient (Wildman–Crippen LogP) is 5.01. The van der Waals surface area contributed by atoms with E-state index in [1.807, 2.05) is 26.0 Å². The second kappa shape index (κ2) is 9.68. The average molecular weight is 483 g/mol. The summed E-state index contributed by atoms with van der Waals surface area (Å²) in [6.07, 6.45) is 5.34. The molecule has 34 heavy (non-hydrogen) atoms. The lowest BCUT2D eigenvalue weighted by Gasteiger charge is -2.39. The van der Waals surface area contributed by atoms with Crippen molar-refractivity contribution in [3.05, 3.63) is 47.2 Å². The third-order valence-electron chi connectivity index (χ3n) is 6.68. The fraction of sp³-hybridized carbons (Fsp3) is 0.440. The van der Waals surface area contributed by atoms with E-state index in [4.69, 9.17) is 4.74 Å². The Morgan fingerprint density at radius 3 is 2.76 bits per heavy atom. The number of carboxylic acid groups (broad SMARTS) is 1. The van der Waals surface area contributed by atoms with Crippen LogP contribution in [0.5, 0.6) is 5.88 Å². The van der Waals surface area contributed by atoms with Crippen molar-refractivity contribution in [2.24, 2.45) is 17.8 Å². The first-order valence-electron chi connectivity index (χ1n) is 11.3. The van der Waals surface area contributed by atoms with Crippen LogP contribution in [0, 0.1) is 24.7 Å².